The van der Waals surface area contributed by atoms with Crippen LogP contribution in [0.15, 0.2) is 0 Å². The molecule has 0 bridgehead atoms. The molecule has 5 nitrogen and oxygen atoms in total. The first-order chi connectivity index (χ1) is 8.81. The quantitative estimate of drug-likeness (QED) is 0.471. The lowest BCUT2D eigenvalue weighted by Crippen LogP contribution is -2.17. The zero-order valence-electron chi connectivity index (χ0n) is 11.4. The summed E-state index contributed by atoms with van der Waals surface area (Å²) in [6, 6.07) is 0. The van der Waals surface area contributed by atoms with Gasteiger partial charge in [-0.1, -0.05) is 13.3 Å². The summed E-state index contributed by atoms with van der Waals surface area (Å²) in [5.74, 6) is 1.10. The van der Waals surface area contributed by atoms with Gasteiger partial charge in [-0.15, -0.1) is 0 Å². The highest BCUT2D eigenvalue weighted by atomic mass is 32.2. The second-order valence-electron chi connectivity index (χ2n) is 3.83. The molecule has 0 aromatic rings. The van der Waals surface area contributed by atoms with E-state index in [1.54, 1.807) is 0 Å². The molecule has 0 aliphatic rings. The summed E-state index contributed by atoms with van der Waals surface area (Å²) in [4.78, 5) is 0. The van der Waals surface area contributed by atoms with Crippen LogP contribution in [0.2, 0.25) is 0 Å². The number of ether oxygens (including phenoxy) is 3. The Morgan fingerprint density at radius 2 is 1.44 bits per heavy atom. The van der Waals surface area contributed by atoms with Crippen molar-refractivity contribution in [1.82, 2.24) is 0 Å². The topological polar surface area (TPSA) is 70.8 Å². The molecule has 0 saturated carbocycles. The molecule has 0 saturated heterocycles. The van der Waals surface area contributed by atoms with Crippen molar-refractivity contribution in [3.05, 3.63) is 0 Å². The van der Waals surface area contributed by atoms with Gasteiger partial charge in [-0.25, -0.2) is 0 Å². The molecule has 2 N–H and O–H groups in total. The Morgan fingerprint density at radius 1 is 0.889 bits per heavy atom. The van der Waals surface area contributed by atoms with E-state index in [9.17, 15) is 4.21 Å². The minimum Gasteiger partial charge on any atom is -0.379 e. The zero-order valence-corrected chi connectivity index (χ0v) is 12.2. The van der Waals surface area contributed by atoms with Gasteiger partial charge in [0, 0.05) is 35.5 Å². The predicted molar refractivity (Wildman–Crippen MR) is 74.3 cm³/mol. The first-order valence-corrected chi connectivity index (χ1v) is 8.08. The predicted octanol–water partition coefficient (Wildman–Crippen LogP) is 0.544. The Balaban J connectivity index is 3.01. The molecule has 110 valence electrons. The lowest BCUT2D eigenvalue weighted by Gasteiger charge is -2.06. The molecule has 1 atom stereocenters. The first-order valence-electron chi connectivity index (χ1n) is 6.59. The molecular formula is C12H27NO4S. The molecule has 0 amide bonds. The fourth-order valence-corrected chi connectivity index (χ4v) is 1.94. The van der Waals surface area contributed by atoms with E-state index < -0.39 is 10.8 Å². The summed E-state index contributed by atoms with van der Waals surface area (Å²) in [5.41, 5.74) is 5.29. The Kier molecular flexibility index (Phi) is 15.0. The molecule has 6 heteroatoms. The van der Waals surface area contributed by atoms with Gasteiger partial charge in [0.25, 0.3) is 0 Å². The van der Waals surface area contributed by atoms with Gasteiger partial charge in [0.1, 0.15) is 0 Å². The van der Waals surface area contributed by atoms with Crippen LogP contribution in [0.1, 0.15) is 19.8 Å². The smallest absolute Gasteiger partial charge is 0.0701 e. The summed E-state index contributed by atoms with van der Waals surface area (Å²) in [7, 11) is -0.845. The number of rotatable bonds is 14. The van der Waals surface area contributed by atoms with Crippen LogP contribution in [0.4, 0.5) is 0 Å². The van der Waals surface area contributed by atoms with Gasteiger partial charge in [-0.3, -0.25) is 4.21 Å². The van der Waals surface area contributed by atoms with Crippen molar-refractivity contribution < 1.29 is 18.4 Å². The van der Waals surface area contributed by atoms with E-state index in [1.807, 2.05) is 0 Å². The largest absolute Gasteiger partial charge is 0.379 e. The van der Waals surface area contributed by atoms with Crippen molar-refractivity contribution in [3.63, 3.8) is 0 Å². The third-order valence-electron chi connectivity index (χ3n) is 2.19. The Bertz CT molecular complexity index is 193. The standard InChI is InChI=1S/C12H27NO4S/c1-2-3-5-15-6-7-16-8-9-17-10-12-18(14)11-4-13/h2-13H2,1H3. The molecule has 0 rings (SSSR count). The molecule has 0 spiro atoms. The van der Waals surface area contributed by atoms with E-state index in [-0.39, 0.29) is 0 Å². The van der Waals surface area contributed by atoms with E-state index >= 15 is 0 Å². The molecule has 0 heterocycles. The van der Waals surface area contributed by atoms with Crippen LogP contribution >= 0.6 is 0 Å². The molecule has 0 aromatic heterocycles. The van der Waals surface area contributed by atoms with Crippen LogP contribution in [0.5, 0.6) is 0 Å². The number of hydrogen-bond acceptors (Lipinski definition) is 5. The van der Waals surface area contributed by atoms with Gasteiger partial charge in [-0.05, 0) is 6.42 Å². The molecule has 0 aliphatic carbocycles. The minimum absolute atomic E-state index is 0.466. The van der Waals surface area contributed by atoms with Gasteiger partial charge >= 0.3 is 0 Å². The maximum Gasteiger partial charge on any atom is 0.0701 e. The average Bonchev–Trinajstić information content (AvgIpc) is 2.36. The summed E-state index contributed by atoms with van der Waals surface area (Å²) >= 11 is 0. The van der Waals surface area contributed by atoms with Gasteiger partial charge in [-0.2, -0.15) is 0 Å². The van der Waals surface area contributed by atoms with Crippen LogP contribution in [0, 0.1) is 0 Å². The Labute approximate surface area is 113 Å². The SMILES string of the molecule is CCCCOCCOCCOCCS(=O)CCN. The summed E-state index contributed by atoms with van der Waals surface area (Å²) in [5, 5.41) is 0. The molecule has 0 fully saturated rings. The molecule has 18 heavy (non-hydrogen) atoms. The average molecular weight is 281 g/mol. The highest BCUT2D eigenvalue weighted by molar-refractivity contribution is 7.85. The third-order valence-corrected chi connectivity index (χ3v) is 3.50. The van der Waals surface area contributed by atoms with E-state index in [0.717, 1.165) is 19.4 Å². The lowest BCUT2D eigenvalue weighted by atomic mass is 10.4. The zero-order chi connectivity index (χ0) is 13.5. The van der Waals surface area contributed by atoms with E-state index in [2.05, 4.69) is 6.92 Å². The second kappa shape index (κ2) is 15.0. The number of hydrogen-bond donors (Lipinski definition) is 1. The third kappa shape index (κ3) is 14.1. The normalized spacial score (nSPS) is 12.8. The first kappa shape index (κ1) is 18.0. The minimum atomic E-state index is -0.845. The summed E-state index contributed by atoms with van der Waals surface area (Å²) in [6.45, 7) is 6.25. The fraction of sp³-hybridized carbons (Fsp3) is 1.00. The van der Waals surface area contributed by atoms with Crippen LogP contribution in [0.3, 0.4) is 0 Å². The van der Waals surface area contributed by atoms with Gasteiger partial charge < -0.3 is 19.9 Å². The highest BCUT2D eigenvalue weighted by Crippen LogP contribution is 1.88. The van der Waals surface area contributed by atoms with Crippen molar-refractivity contribution in [2.75, 3.05) is 57.7 Å². The lowest BCUT2D eigenvalue weighted by molar-refractivity contribution is 0.0168. The molecular weight excluding hydrogens is 254 g/mol. The number of nitrogens with two attached hydrogens (primary N) is 1. The van der Waals surface area contributed by atoms with Crippen molar-refractivity contribution in [3.8, 4) is 0 Å². The molecule has 1 unspecified atom stereocenters. The fourth-order valence-electron chi connectivity index (χ4n) is 1.17. The van der Waals surface area contributed by atoms with Crippen LogP contribution < -0.4 is 5.73 Å². The molecule has 0 radical (unpaired) electrons. The summed E-state index contributed by atoms with van der Waals surface area (Å²) in [6.07, 6.45) is 2.25. The molecule has 0 aliphatic heterocycles. The van der Waals surface area contributed by atoms with Crippen molar-refractivity contribution >= 4 is 10.8 Å². The van der Waals surface area contributed by atoms with Crippen LogP contribution in [-0.4, -0.2) is 61.9 Å². The van der Waals surface area contributed by atoms with Crippen molar-refractivity contribution in [2.24, 2.45) is 5.73 Å². The van der Waals surface area contributed by atoms with Crippen molar-refractivity contribution in [2.45, 2.75) is 19.8 Å². The molecule has 0 aromatic carbocycles. The van der Waals surface area contributed by atoms with Gasteiger partial charge in [0.2, 0.25) is 0 Å². The Morgan fingerprint density at radius 3 is 2.00 bits per heavy atom. The van der Waals surface area contributed by atoms with Gasteiger partial charge in [0.15, 0.2) is 0 Å². The Hall–Kier alpha value is -0.0100. The second-order valence-corrected chi connectivity index (χ2v) is 5.52. The van der Waals surface area contributed by atoms with Gasteiger partial charge in [0.05, 0.1) is 33.0 Å². The van der Waals surface area contributed by atoms with Crippen molar-refractivity contribution in [1.29, 1.82) is 0 Å². The van der Waals surface area contributed by atoms with E-state index in [0.29, 0.717) is 51.1 Å². The van der Waals surface area contributed by atoms with Crippen LogP contribution in [-0.2, 0) is 25.0 Å². The maximum atomic E-state index is 11.2. The van der Waals surface area contributed by atoms with E-state index in [4.69, 9.17) is 19.9 Å². The highest BCUT2D eigenvalue weighted by Gasteiger charge is 1.97. The summed E-state index contributed by atoms with van der Waals surface area (Å²) < 4.78 is 27.2. The monoisotopic (exact) mass is 281 g/mol. The number of unbranched alkanes of at least 4 members (excludes halogenated alkanes) is 1. The van der Waals surface area contributed by atoms with E-state index in [1.165, 1.54) is 0 Å². The van der Waals surface area contributed by atoms with Crippen LogP contribution in [0.25, 0.3) is 0 Å². The maximum absolute atomic E-state index is 11.2.